The number of thiophene rings is 1. The Hall–Kier alpha value is -2.06. The topological polar surface area (TPSA) is 69.7 Å². The molecule has 0 spiro atoms. The van der Waals surface area contributed by atoms with Crippen LogP contribution in [0.15, 0.2) is 41.1 Å². The predicted molar refractivity (Wildman–Crippen MR) is 87.8 cm³/mol. The Balaban J connectivity index is 1.71. The minimum absolute atomic E-state index is 0.194. The van der Waals surface area contributed by atoms with E-state index in [-0.39, 0.29) is 19.0 Å². The number of para-hydroxylation sites is 2. The molecule has 0 saturated carbocycles. The van der Waals surface area contributed by atoms with Gasteiger partial charge in [0.1, 0.15) is 0 Å². The molecule has 0 atom stereocenters. The lowest BCUT2D eigenvalue weighted by Gasteiger charge is -2.19. The van der Waals surface area contributed by atoms with Crippen molar-refractivity contribution in [2.24, 2.45) is 0 Å². The summed E-state index contributed by atoms with van der Waals surface area (Å²) in [4.78, 5) is 11.9. The van der Waals surface area contributed by atoms with Gasteiger partial charge < -0.3 is 5.32 Å². The molecule has 1 aromatic carbocycles. The van der Waals surface area contributed by atoms with Crippen LogP contribution in [0, 0.1) is 0 Å². The minimum Gasteiger partial charge on any atom is -0.350 e. The number of rotatable bonds is 4. The van der Waals surface area contributed by atoms with Crippen LogP contribution < -0.4 is 13.9 Å². The molecule has 1 aliphatic heterocycles. The van der Waals surface area contributed by atoms with Crippen molar-refractivity contribution in [3.05, 3.63) is 46.7 Å². The van der Waals surface area contributed by atoms with Crippen molar-refractivity contribution in [1.29, 1.82) is 0 Å². The van der Waals surface area contributed by atoms with Crippen molar-refractivity contribution in [3.8, 4) is 0 Å². The Morgan fingerprint density at radius 1 is 1.23 bits per heavy atom. The summed E-state index contributed by atoms with van der Waals surface area (Å²) in [5.41, 5.74) is 1.87. The first-order valence-corrected chi connectivity index (χ1v) is 9.02. The Bertz CT molecular complexity index is 787. The number of nitrogens with one attached hydrogen (secondary N) is 1. The summed E-state index contributed by atoms with van der Waals surface area (Å²) < 4.78 is 27.4. The molecular weight excluding hydrogens is 322 g/mol. The number of carbonyl (C=O) groups is 1. The fourth-order valence-corrected chi connectivity index (χ4v) is 4.40. The number of fused-ring (bicyclic) bond motifs is 1. The lowest BCUT2D eigenvalue weighted by Crippen LogP contribution is -2.40. The van der Waals surface area contributed by atoms with Gasteiger partial charge in [0.25, 0.3) is 5.91 Å². The van der Waals surface area contributed by atoms with Gasteiger partial charge in [0.05, 0.1) is 17.9 Å². The highest BCUT2D eigenvalue weighted by Crippen LogP contribution is 2.38. The quantitative estimate of drug-likeness (QED) is 0.923. The largest absolute Gasteiger partial charge is 0.350 e. The van der Waals surface area contributed by atoms with Gasteiger partial charge in [-0.15, -0.1) is 0 Å². The van der Waals surface area contributed by atoms with Crippen LogP contribution in [-0.4, -0.2) is 34.5 Å². The van der Waals surface area contributed by atoms with Crippen molar-refractivity contribution in [2.75, 3.05) is 28.7 Å². The molecule has 0 saturated heterocycles. The fourth-order valence-electron chi connectivity index (χ4n) is 2.34. The van der Waals surface area contributed by atoms with Crippen molar-refractivity contribution in [1.82, 2.24) is 5.32 Å². The molecule has 3 rings (SSSR count). The molecular formula is C14H15N3O3S2. The van der Waals surface area contributed by atoms with E-state index in [0.717, 1.165) is 0 Å². The van der Waals surface area contributed by atoms with Crippen LogP contribution in [0.25, 0.3) is 0 Å². The number of hydrogen-bond acceptors (Lipinski definition) is 4. The number of hydrogen-bond donors (Lipinski definition) is 1. The van der Waals surface area contributed by atoms with E-state index in [2.05, 4.69) is 5.32 Å². The summed E-state index contributed by atoms with van der Waals surface area (Å²) in [5.74, 6) is -0.195. The summed E-state index contributed by atoms with van der Waals surface area (Å²) in [6.45, 7) is 0.440. The maximum Gasteiger partial charge on any atom is 0.326 e. The molecule has 0 bridgehead atoms. The van der Waals surface area contributed by atoms with Gasteiger partial charge in [-0.05, 0) is 23.6 Å². The maximum atomic E-state index is 12.4. The van der Waals surface area contributed by atoms with E-state index < -0.39 is 10.2 Å². The van der Waals surface area contributed by atoms with Crippen LogP contribution in [0.4, 0.5) is 11.4 Å². The van der Waals surface area contributed by atoms with Crippen molar-refractivity contribution in [3.63, 3.8) is 0 Å². The van der Waals surface area contributed by atoms with Gasteiger partial charge in [0.2, 0.25) is 0 Å². The molecule has 0 unspecified atom stereocenters. The second kappa shape index (κ2) is 5.62. The normalized spacial score (nSPS) is 15.7. The molecule has 0 aliphatic carbocycles. The first-order chi connectivity index (χ1) is 10.5. The first kappa shape index (κ1) is 14.9. The molecule has 1 amide bonds. The molecule has 6 nitrogen and oxygen atoms in total. The summed E-state index contributed by atoms with van der Waals surface area (Å²) >= 11 is 1.44. The van der Waals surface area contributed by atoms with Gasteiger partial charge >= 0.3 is 10.2 Å². The lowest BCUT2D eigenvalue weighted by atomic mass is 10.2. The Labute approximate surface area is 133 Å². The number of benzene rings is 1. The van der Waals surface area contributed by atoms with Crippen molar-refractivity contribution < 1.29 is 13.2 Å². The SMILES string of the molecule is CN1c2ccccc2N(CCNC(=O)c2ccsc2)S1(=O)=O. The molecule has 1 aromatic heterocycles. The molecule has 1 N–H and O–H groups in total. The van der Waals surface area contributed by atoms with E-state index >= 15 is 0 Å². The summed E-state index contributed by atoms with van der Waals surface area (Å²) in [7, 11) is -2.03. The molecule has 116 valence electrons. The number of amides is 1. The lowest BCUT2D eigenvalue weighted by molar-refractivity contribution is 0.0955. The number of anilines is 2. The smallest absolute Gasteiger partial charge is 0.326 e. The average Bonchev–Trinajstić information content (AvgIpc) is 3.10. The van der Waals surface area contributed by atoms with E-state index in [1.807, 2.05) is 5.38 Å². The molecule has 2 aromatic rings. The van der Waals surface area contributed by atoms with E-state index in [0.29, 0.717) is 16.9 Å². The molecule has 1 aliphatic rings. The minimum atomic E-state index is -3.56. The van der Waals surface area contributed by atoms with E-state index in [1.165, 1.54) is 27.0 Å². The van der Waals surface area contributed by atoms with Gasteiger partial charge in [-0.25, -0.2) is 4.31 Å². The van der Waals surface area contributed by atoms with Crippen LogP contribution in [0.1, 0.15) is 10.4 Å². The summed E-state index contributed by atoms with van der Waals surface area (Å²) in [6, 6.07) is 8.85. The number of nitrogens with zero attached hydrogens (tertiary/aromatic N) is 2. The molecule has 0 radical (unpaired) electrons. The molecule has 22 heavy (non-hydrogen) atoms. The van der Waals surface area contributed by atoms with Gasteiger partial charge in [-0.1, -0.05) is 12.1 Å². The van der Waals surface area contributed by atoms with Gasteiger partial charge in [-0.3, -0.25) is 9.10 Å². The van der Waals surface area contributed by atoms with E-state index in [1.54, 1.807) is 35.7 Å². The third-order valence-corrected chi connectivity index (χ3v) is 6.01. The van der Waals surface area contributed by atoms with Crippen LogP contribution in [-0.2, 0) is 10.2 Å². The van der Waals surface area contributed by atoms with E-state index in [4.69, 9.17) is 0 Å². The average molecular weight is 337 g/mol. The highest BCUT2D eigenvalue weighted by Gasteiger charge is 2.37. The Kier molecular flexibility index (Phi) is 3.79. The Morgan fingerprint density at radius 3 is 2.64 bits per heavy atom. The highest BCUT2D eigenvalue weighted by molar-refractivity contribution is 7.94. The summed E-state index contributed by atoms with van der Waals surface area (Å²) in [5, 5.41) is 6.32. The van der Waals surface area contributed by atoms with Gasteiger partial charge in [-0.2, -0.15) is 19.8 Å². The third-order valence-electron chi connectivity index (χ3n) is 3.50. The Morgan fingerprint density at radius 2 is 1.95 bits per heavy atom. The molecule has 0 fully saturated rings. The summed E-state index contributed by atoms with van der Waals surface area (Å²) in [6.07, 6.45) is 0. The van der Waals surface area contributed by atoms with E-state index in [9.17, 15) is 13.2 Å². The molecule has 2 heterocycles. The predicted octanol–water partition coefficient (Wildman–Crippen LogP) is 1.68. The second-order valence-electron chi connectivity index (χ2n) is 4.80. The fraction of sp³-hybridized carbons (Fsp3) is 0.214. The zero-order valence-electron chi connectivity index (χ0n) is 11.9. The molecule has 8 heteroatoms. The zero-order valence-corrected chi connectivity index (χ0v) is 13.5. The van der Waals surface area contributed by atoms with Crippen LogP contribution in [0.3, 0.4) is 0 Å². The highest BCUT2D eigenvalue weighted by atomic mass is 32.2. The monoisotopic (exact) mass is 337 g/mol. The standard InChI is InChI=1S/C14H15N3O3S2/c1-16-12-4-2-3-5-13(12)17(22(16,19)20)8-7-15-14(18)11-6-9-21-10-11/h2-6,9-10H,7-8H2,1H3,(H,15,18). The van der Waals surface area contributed by atoms with Crippen LogP contribution in [0.2, 0.25) is 0 Å². The van der Waals surface area contributed by atoms with Crippen molar-refractivity contribution in [2.45, 2.75) is 0 Å². The maximum absolute atomic E-state index is 12.4. The van der Waals surface area contributed by atoms with Crippen LogP contribution >= 0.6 is 11.3 Å². The third kappa shape index (κ3) is 2.44. The second-order valence-corrected chi connectivity index (χ2v) is 7.47. The van der Waals surface area contributed by atoms with Gasteiger partial charge in [0.15, 0.2) is 0 Å². The van der Waals surface area contributed by atoms with Gasteiger partial charge in [0, 0.05) is 24.5 Å². The zero-order chi connectivity index (χ0) is 15.7. The van der Waals surface area contributed by atoms with Crippen LogP contribution in [0.5, 0.6) is 0 Å². The number of carbonyl (C=O) groups excluding carboxylic acids is 1. The van der Waals surface area contributed by atoms with Crippen molar-refractivity contribution >= 4 is 38.8 Å². The first-order valence-electron chi connectivity index (χ1n) is 6.68.